The fraction of sp³-hybridized carbons (Fsp3) is 0.300. The second-order valence-corrected chi connectivity index (χ2v) is 5.93. The third-order valence-corrected chi connectivity index (χ3v) is 3.84. The van der Waals surface area contributed by atoms with Gasteiger partial charge in [-0.3, -0.25) is 4.72 Å². The van der Waals surface area contributed by atoms with E-state index in [-0.39, 0.29) is 5.69 Å². The molecule has 0 aliphatic rings. The zero-order valence-corrected chi connectivity index (χ0v) is 10.1. The van der Waals surface area contributed by atoms with E-state index in [1.165, 1.54) is 19.9 Å². The number of aromatic carboxylic acids is 1. The molecule has 0 spiro atoms. The summed E-state index contributed by atoms with van der Waals surface area (Å²) < 4.78 is 38.4. The maximum absolute atomic E-state index is 13.3. The zero-order valence-electron chi connectivity index (χ0n) is 9.27. The van der Waals surface area contributed by atoms with Gasteiger partial charge in [0.1, 0.15) is 5.82 Å². The molecule has 2 N–H and O–H groups in total. The maximum atomic E-state index is 13.3. The van der Waals surface area contributed by atoms with E-state index < -0.39 is 32.6 Å². The molecule has 0 aliphatic heterocycles. The molecule has 5 nitrogen and oxygen atoms in total. The number of sulfonamides is 1. The average molecular weight is 261 g/mol. The lowest BCUT2D eigenvalue weighted by Crippen LogP contribution is -2.22. The van der Waals surface area contributed by atoms with Gasteiger partial charge in [0, 0.05) is 0 Å². The second-order valence-electron chi connectivity index (χ2n) is 3.70. The monoisotopic (exact) mass is 261 g/mol. The van der Waals surface area contributed by atoms with E-state index >= 15 is 0 Å². The van der Waals surface area contributed by atoms with Crippen LogP contribution in [0.15, 0.2) is 18.2 Å². The highest BCUT2D eigenvalue weighted by Gasteiger charge is 2.17. The van der Waals surface area contributed by atoms with E-state index in [1.54, 1.807) is 0 Å². The molecule has 94 valence electrons. The highest BCUT2D eigenvalue weighted by molar-refractivity contribution is 7.93. The fourth-order valence-electron chi connectivity index (χ4n) is 1.03. The molecule has 0 unspecified atom stereocenters. The molecular formula is C10H12FNO4S. The minimum atomic E-state index is -3.57. The van der Waals surface area contributed by atoms with Crippen LogP contribution in [0.3, 0.4) is 0 Å². The fourth-order valence-corrected chi connectivity index (χ4v) is 1.73. The van der Waals surface area contributed by atoms with E-state index in [2.05, 4.69) is 4.72 Å². The number of hydrogen-bond acceptors (Lipinski definition) is 3. The minimum Gasteiger partial charge on any atom is -0.478 e. The molecule has 7 heteroatoms. The van der Waals surface area contributed by atoms with Gasteiger partial charge in [0.05, 0.1) is 16.5 Å². The molecule has 1 aromatic rings. The van der Waals surface area contributed by atoms with Crippen molar-refractivity contribution in [3.63, 3.8) is 0 Å². The molecule has 0 saturated carbocycles. The van der Waals surface area contributed by atoms with Crippen LogP contribution in [0.25, 0.3) is 0 Å². The topological polar surface area (TPSA) is 83.5 Å². The summed E-state index contributed by atoms with van der Waals surface area (Å²) in [6, 6.07) is 3.05. The van der Waals surface area contributed by atoms with Crippen LogP contribution in [0.4, 0.5) is 10.1 Å². The summed E-state index contributed by atoms with van der Waals surface area (Å²) in [5, 5.41) is 7.94. The third-order valence-electron chi connectivity index (χ3n) is 2.08. The molecule has 0 bridgehead atoms. The van der Waals surface area contributed by atoms with Crippen molar-refractivity contribution in [3.05, 3.63) is 29.6 Å². The molecule has 1 rings (SSSR count). The van der Waals surface area contributed by atoms with Crippen LogP contribution in [-0.4, -0.2) is 24.7 Å². The Morgan fingerprint density at radius 1 is 1.41 bits per heavy atom. The van der Waals surface area contributed by atoms with E-state index in [0.717, 1.165) is 12.1 Å². The third kappa shape index (κ3) is 3.16. The highest BCUT2D eigenvalue weighted by atomic mass is 32.2. The molecule has 1 aromatic carbocycles. The maximum Gasteiger partial charge on any atom is 0.338 e. The Labute approximate surface area is 98.3 Å². The average Bonchev–Trinajstić information content (AvgIpc) is 2.15. The highest BCUT2D eigenvalue weighted by Crippen LogP contribution is 2.17. The number of anilines is 1. The van der Waals surface area contributed by atoms with Crippen LogP contribution >= 0.6 is 0 Å². The van der Waals surface area contributed by atoms with Gasteiger partial charge in [0.15, 0.2) is 0 Å². The van der Waals surface area contributed by atoms with Gasteiger partial charge in [-0.15, -0.1) is 0 Å². The Balaban J connectivity index is 3.04. The lowest BCUT2D eigenvalue weighted by atomic mass is 10.2. The molecular weight excluding hydrogens is 249 g/mol. The first-order valence-corrected chi connectivity index (χ1v) is 6.33. The molecule has 0 fully saturated rings. The Morgan fingerprint density at radius 3 is 2.41 bits per heavy atom. The van der Waals surface area contributed by atoms with Gasteiger partial charge in [0.25, 0.3) is 0 Å². The SMILES string of the molecule is CC(C)S(=O)(=O)Nc1ccc(C(=O)O)c(F)c1. The van der Waals surface area contributed by atoms with Crippen molar-refractivity contribution >= 4 is 21.7 Å². The molecule has 0 radical (unpaired) electrons. The van der Waals surface area contributed by atoms with Gasteiger partial charge in [-0.25, -0.2) is 17.6 Å². The summed E-state index contributed by atoms with van der Waals surface area (Å²) in [7, 11) is -3.57. The number of nitrogens with one attached hydrogen (secondary N) is 1. The van der Waals surface area contributed by atoms with E-state index in [0.29, 0.717) is 0 Å². The summed E-state index contributed by atoms with van der Waals surface area (Å²) in [6.07, 6.45) is 0. The van der Waals surface area contributed by atoms with Crippen molar-refractivity contribution in [2.75, 3.05) is 4.72 Å². The van der Waals surface area contributed by atoms with Gasteiger partial charge in [-0.05, 0) is 32.0 Å². The van der Waals surface area contributed by atoms with Crippen molar-refractivity contribution in [2.45, 2.75) is 19.1 Å². The molecule has 0 aromatic heterocycles. The van der Waals surface area contributed by atoms with Gasteiger partial charge < -0.3 is 5.11 Å². The molecule has 0 heterocycles. The van der Waals surface area contributed by atoms with Crippen molar-refractivity contribution in [3.8, 4) is 0 Å². The van der Waals surface area contributed by atoms with Gasteiger partial charge in [0.2, 0.25) is 10.0 Å². The Morgan fingerprint density at radius 2 is 2.00 bits per heavy atom. The summed E-state index contributed by atoms with van der Waals surface area (Å²) in [5.74, 6) is -2.39. The van der Waals surface area contributed by atoms with Gasteiger partial charge in [-0.1, -0.05) is 0 Å². The standard InChI is InChI=1S/C10H12FNO4S/c1-6(2)17(15,16)12-7-3-4-8(10(13)14)9(11)5-7/h3-6,12H,1-2H3,(H,13,14). The number of benzene rings is 1. The predicted octanol–water partition coefficient (Wildman–Crippen LogP) is 1.67. The van der Waals surface area contributed by atoms with Crippen LogP contribution < -0.4 is 4.72 Å². The summed E-state index contributed by atoms with van der Waals surface area (Å²) in [5.41, 5.74) is -0.501. The second kappa shape index (κ2) is 4.70. The number of hydrogen-bond donors (Lipinski definition) is 2. The van der Waals surface area contributed by atoms with Crippen molar-refractivity contribution < 1.29 is 22.7 Å². The first-order chi connectivity index (χ1) is 7.74. The molecule has 0 saturated heterocycles. The molecule has 0 amide bonds. The first kappa shape index (κ1) is 13.4. The van der Waals surface area contributed by atoms with Crippen LogP contribution in [0.2, 0.25) is 0 Å². The normalized spacial score (nSPS) is 11.5. The summed E-state index contributed by atoms with van der Waals surface area (Å²) >= 11 is 0. The van der Waals surface area contributed by atoms with Crippen molar-refractivity contribution in [2.24, 2.45) is 0 Å². The zero-order chi connectivity index (χ0) is 13.2. The molecule has 17 heavy (non-hydrogen) atoms. The Bertz CT molecular complexity index is 539. The first-order valence-electron chi connectivity index (χ1n) is 4.78. The van der Waals surface area contributed by atoms with E-state index in [1.807, 2.05) is 0 Å². The largest absolute Gasteiger partial charge is 0.478 e. The predicted molar refractivity (Wildman–Crippen MR) is 61.0 cm³/mol. The number of carbonyl (C=O) groups is 1. The van der Waals surface area contributed by atoms with Crippen molar-refractivity contribution in [1.29, 1.82) is 0 Å². The lowest BCUT2D eigenvalue weighted by molar-refractivity contribution is 0.0692. The van der Waals surface area contributed by atoms with Crippen LogP contribution in [-0.2, 0) is 10.0 Å². The number of carboxylic acids is 1. The van der Waals surface area contributed by atoms with Crippen LogP contribution in [0, 0.1) is 5.82 Å². The smallest absolute Gasteiger partial charge is 0.338 e. The molecule has 0 atom stereocenters. The van der Waals surface area contributed by atoms with Crippen molar-refractivity contribution in [1.82, 2.24) is 0 Å². The Hall–Kier alpha value is -1.63. The van der Waals surface area contributed by atoms with Gasteiger partial charge in [-0.2, -0.15) is 0 Å². The minimum absolute atomic E-state index is 0.00111. The van der Waals surface area contributed by atoms with E-state index in [4.69, 9.17) is 5.11 Å². The number of carboxylic acid groups (broad SMARTS) is 1. The Kier molecular flexibility index (Phi) is 3.72. The quantitative estimate of drug-likeness (QED) is 0.863. The van der Waals surface area contributed by atoms with Crippen LogP contribution in [0.1, 0.15) is 24.2 Å². The molecule has 0 aliphatic carbocycles. The van der Waals surface area contributed by atoms with Crippen LogP contribution in [0.5, 0.6) is 0 Å². The lowest BCUT2D eigenvalue weighted by Gasteiger charge is -2.11. The number of halogens is 1. The van der Waals surface area contributed by atoms with Gasteiger partial charge >= 0.3 is 5.97 Å². The summed E-state index contributed by atoms with van der Waals surface area (Å²) in [4.78, 5) is 10.5. The van der Waals surface area contributed by atoms with E-state index in [9.17, 15) is 17.6 Å². The number of rotatable bonds is 4. The summed E-state index contributed by atoms with van der Waals surface area (Å²) in [6.45, 7) is 2.95.